The predicted octanol–water partition coefficient (Wildman–Crippen LogP) is 2.30. The van der Waals surface area contributed by atoms with Crippen molar-refractivity contribution < 1.29 is 22.7 Å². The standard InChI is InChI=1S/C19H21N3O5S/c1-27-19(24)17-10-6-9-16(21-17)18(23)20-14-7-5-8-15(13-14)28(25,26)22-11-3-2-4-12-22/h5-10,13H,2-4,11-12H2,1H3,(H,20,23). The average Bonchev–Trinajstić information content (AvgIpc) is 2.74. The fourth-order valence-corrected chi connectivity index (χ4v) is 4.53. The lowest BCUT2D eigenvalue weighted by molar-refractivity contribution is 0.0594. The number of nitrogens with one attached hydrogen (secondary N) is 1. The van der Waals surface area contributed by atoms with E-state index in [1.807, 2.05) is 0 Å². The fraction of sp³-hybridized carbons (Fsp3) is 0.316. The van der Waals surface area contributed by atoms with Gasteiger partial charge < -0.3 is 10.1 Å². The number of carbonyl (C=O) groups excluding carboxylic acids is 2. The summed E-state index contributed by atoms with van der Waals surface area (Å²) in [6, 6.07) is 10.5. The number of aromatic nitrogens is 1. The molecule has 9 heteroatoms. The van der Waals surface area contributed by atoms with Crippen LogP contribution in [0.4, 0.5) is 5.69 Å². The minimum Gasteiger partial charge on any atom is -0.464 e. The number of piperidine rings is 1. The largest absolute Gasteiger partial charge is 0.464 e. The Labute approximate surface area is 163 Å². The van der Waals surface area contributed by atoms with E-state index in [9.17, 15) is 18.0 Å². The summed E-state index contributed by atoms with van der Waals surface area (Å²) in [5, 5.41) is 2.62. The Balaban J connectivity index is 1.79. The van der Waals surface area contributed by atoms with Crippen LogP contribution in [0.15, 0.2) is 47.4 Å². The second-order valence-corrected chi connectivity index (χ2v) is 8.28. The van der Waals surface area contributed by atoms with E-state index in [0.717, 1.165) is 19.3 Å². The van der Waals surface area contributed by atoms with E-state index in [2.05, 4.69) is 15.0 Å². The van der Waals surface area contributed by atoms with Crippen molar-refractivity contribution in [3.8, 4) is 0 Å². The first kappa shape index (κ1) is 20.0. The van der Waals surface area contributed by atoms with Crippen LogP contribution in [0.1, 0.15) is 40.2 Å². The molecule has 1 saturated heterocycles. The van der Waals surface area contributed by atoms with Gasteiger partial charge in [0.1, 0.15) is 11.4 Å². The molecule has 2 heterocycles. The maximum Gasteiger partial charge on any atom is 0.356 e. The maximum absolute atomic E-state index is 12.8. The van der Waals surface area contributed by atoms with Crippen LogP contribution in [0, 0.1) is 0 Å². The number of anilines is 1. The highest BCUT2D eigenvalue weighted by atomic mass is 32.2. The van der Waals surface area contributed by atoms with Crippen molar-refractivity contribution >= 4 is 27.6 Å². The second-order valence-electron chi connectivity index (χ2n) is 6.35. The molecule has 1 fully saturated rings. The first-order valence-electron chi connectivity index (χ1n) is 8.89. The molecule has 0 bridgehead atoms. The molecule has 1 N–H and O–H groups in total. The Kier molecular flexibility index (Phi) is 6.05. The number of carbonyl (C=O) groups is 2. The van der Waals surface area contributed by atoms with Gasteiger partial charge in [0.05, 0.1) is 12.0 Å². The van der Waals surface area contributed by atoms with Crippen molar-refractivity contribution in [2.75, 3.05) is 25.5 Å². The normalized spacial score (nSPS) is 15.0. The molecule has 1 aliphatic heterocycles. The number of nitrogens with zero attached hydrogens (tertiary/aromatic N) is 2. The summed E-state index contributed by atoms with van der Waals surface area (Å²) >= 11 is 0. The lowest BCUT2D eigenvalue weighted by Gasteiger charge is -2.26. The SMILES string of the molecule is COC(=O)c1cccc(C(=O)Nc2cccc(S(=O)(=O)N3CCCCC3)c2)n1. The zero-order valence-electron chi connectivity index (χ0n) is 15.4. The van der Waals surface area contributed by atoms with Gasteiger partial charge >= 0.3 is 5.97 Å². The quantitative estimate of drug-likeness (QED) is 0.768. The number of benzene rings is 1. The Bertz CT molecular complexity index is 985. The van der Waals surface area contributed by atoms with Crippen molar-refractivity contribution in [3.63, 3.8) is 0 Å². The number of hydrogen-bond acceptors (Lipinski definition) is 6. The van der Waals surface area contributed by atoms with Crippen LogP contribution in [0.2, 0.25) is 0 Å². The van der Waals surface area contributed by atoms with Crippen LogP contribution in [-0.4, -0.2) is 49.8 Å². The molecule has 0 saturated carbocycles. The summed E-state index contributed by atoms with van der Waals surface area (Å²) in [5.74, 6) is -1.21. The minimum atomic E-state index is -3.60. The zero-order valence-corrected chi connectivity index (χ0v) is 16.2. The molecule has 2 aromatic rings. The topological polar surface area (TPSA) is 106 Å². The highest BCUT2D eigenvalue weighted by molar-refractivity contribution is 7.89. The number of amides is 1. The Morgan fingerprint density at radius 2 is 1.71 bits per heavy atom. The molecule has 0 unspecified atom stereocenters. The highest BCUT2D eigenvalue weighted by Crippen LogP contribution is 2.23. The van der Waals surface area contributed by atoms with E-state index in [-0.39, 0.29) is 16.3 Å². The van der Waals surface area contributed by atoms with Crippen molar-refractivity contribution in [2.45, 2.75) is 24.2 Å². The van der Waals surface area contributed by atoms with Gasteiger partial charge in [0.2, 0.25) is 10.0 Å². The smallest absolute Gasteiger partial charge is 0.356 e. The van der Waals surface area contributed by atoms with Crippen LogP contribution in [0.25, 0.3) is 0 Å². The molecule has 0 radical (unpaired) electrons. The Morgan fingerprint density at radius 3 is 2.43 bits per heavy atom. The van der Waals surface area contributed by atoms with Crippen LogP contribution in [0.5, 0.6) is 0 Å². The summed E-state index contributed by atoms with van der Waals surface area (Å²) in [6.45, 7) is 1.01. The van der Waals surface area contributed by atoms with E-state index in [1.165, 1.54) is 41.7 Å². The van der Waals surface area contributed by atoms with Crippen LogP contribution in [0.3, 0.4) is 0 Å². The molecule has 1 aliphatic rings. The summed E-state index contributed by atoms with van der Waals surface area (Å²) in [6.07, 6.45) is 2.72. The molecule has 1 aromatic carbocycles. The van der Waals surface area contributed by atoms with Crippen LogP contribution >= 0.6 is 0 Å². The van der Waals surface area contributed by atoms with Gasteiger partial charge in [-0.3, -0.25) is 4.79 Å². The number of rotatable bonds is 5. The van der Waals surface area contributed by atoms with Crippen molar-refractivity contribution in [2.24, 2.45) is 0 Å². The molecule has 1 amide bonds. The summed E-state index contributed by atoms with van der Waals surface area (Å²) in [5.41, 5.74) is 0.358. The van der Waals surface area contributed by atoms with Crippen LogP contribution in [-0.2, 0) is 14.8 Å². The number of sulfonamides is 1. The van der Waals surface area contributed by atoms with Gasteiger partial charge in [0.25, 0.3) is 5.91 Å². The van der Waals surface area contributed by atoms with Crippen LogP contribution < -0.4 is 5.32 Å². The Morgan fingerprint density at radius 1 is 1.04 bits per heavy atom. The van der Waals surface area contributed by atoms with E-state index < -0.39 is 21.9 Å². The van der Waals surface area contributed by atoms with E-state index in [4.69, 9.17) is 0 Å². The lowest BCUT2D eigenvalue weighted by atomic mass is 10.2. The van der Waals surface area contributed by atoms with E-state index in [1.54, 1.807) is 12.1 Å². The maximum atomic E-state index is 12.8. The van der Waals surface area contributed by atoms with E-state index in [0.29, 0.717) is 18.8 Å². The number of ether oxygens (including phenoxy) is 1. The molecule has 1 aromatic heterocycles. The molecule has 148 valence electrons. The number of esters is 1. The third-order valence-corrected chi connectivity index (χ3v) is 6.32. The van der Waals surface area contributed by atoms with Gasteiger partial charge in [-0.15, -0.1) is 0 Å². The van der Waals surface area contributed by atoms with Crippen molar-refractivity contribution in [3.05, 3.63) is 53.9 Å². The molecule has 28 heavy (non-hydrogen) atoms. The van der Waals surface area contributed by atoms with Gasteiger partial charge in [-0.2, -0.15) is 4.31 Å². The molecule has 0 spiro atoms. The summed E-state index contributed by atoms with van der Waals surface area (Å²) in [7, 11) is -2.37. The van der Waals surface area contributed by atoms with Crippen molar-refractivity contribution in [1.29, 1.82) is 0 Å². The van der Waals surface area contributed by atoms with Gasteiger partial charge in [-0.05, 0) is 43.2 Å². The number of methoxy groups -OCH3 is 1. The van der Waals surface area contributed by atoms with Gasteiger partial charge in [-0.25, -0.2) is 18.2 Å². The third kappa shape index (κ3) is 4.37. The highest BCUT2D eigenvalue weighted by Gasteiger charge is 2.26. The van der Waals surface area contributed by atoms with Gasteiger partial charge in [0.15, 0.2) is 0 Å². The molecule has 0 aliphatic carbocycles. The monoisotopic (exact) mass is 403 g/mol. The first-order chi connectivity index (χ1) is 13.4. The molecular formula is C19H21N3O5S. The molecule has 8 nitrogen and oxygen atoms in total. The van der Waals surface area contributed by atoms with E-state index >= 15 is 0 Å². The average molecular weight is 403 g/mol. The third-order valence-electron chi connectivity index (χ3n) is 4.42. The fourth-order valence-electron chi connectivity index (χ4n) is 2.96. The summed E-state index contributed by atoms with van der Waals surface area (Å²) < 4.78 is 31.7. The Hall–Kier alpha value is -2.78. The molecule has 3 rings (SSSR count). The lowest BCUT2D eigenvalue weighted by Crippen LogP contribution is -2.35. The zero-order chi connectivity index (χ0) is 20.1. The number of pyridine rings is 1. The molecular weight excluding hydrogens is 382 g/mol. The van der Waals surface area contributed by atoms with Gasteiger partial charge in [-0.1, -0.05) is 18.6 Å². The second kappa shape index (κ2) is 8.49. The number of hydrogen-bond donors (Lipinski definition) is 1. The van der Waals surface area contributed by atoms with Crippen molar-refractivity contribution in [1.82, 2.24) is 9.29 Å². The minimum absolute atomic E-state index is 0.0107. The first-order valence-corrected chi connectivity index (χ1v) is 10.3. The molecule has 0 atom stereocenters. The summed E-state index contributed by atoms with van der Waals surface area (Å²) in [4.78, 5) is 28.1. The predicted molar refractivity (Wildman–Crippen MR) is 103 cm³/mol. The van der Waals surface area contributed by atoms with Gasteiger partial charge in [0, 0.05) is 18.8 Å².